The van der Waals surface area contributed by atoms with Crippen molar-refractivity contribution in [2.75, 3.05) is 5.73 Å². The molecular formula is C19H22N2O3. The molecule has 0 aliphatic heterocycles. The van der Waals surface area contributed by atoms with Crippen LogP contribution in [0.5, 0.6) is 5.88 Å². The number of carbonyl (C=O) groups excluding carboxylic acids is 1. The Morgan fingerprint density at radius 3 is 2.50 bits per heavy atom. The summed E-state index contributed by atoms with van der Waals surface area (Å²) in [6, 6.07) is 13.3. The van der Waals surface area contributed by atoms with Crippen LogP contribution in [0.4, 0.5) is 5.69 Å². The summed E-state index contributed by atoms with van der Waals surface area (Å²) in [4.78, 5) is 16.3. The molecule has 0 atom stereocenters. The molecule has 0 spiro atoms. The average Bonchev–Trinajstić information content (AvgIpc) is 2.63. The number of benzene rings is 1. The van der Waals surface area contributed by atoms with Crippen molar-refractivity contribution in [3.8, 4) is 5.88 Å². The number of esters is 1. The van der Waals surface area contributed by atoms with E-state index in [4.69, 9.17) is 15.2 Å². The number of aromatic nitrogens is 1. The summed E-state index contributed by atoms with van der Waals surface area (Å²) in [5.74, 6) is 0.440. The van der Waals surface area contributed by atoms with Crippen LogP contribution in [-0.4, -0.2) is 17.1 Å². The summed E-state index contributed by atoms with van der Waals surface area (Å²) in [7, 11) is 0. The van der Waals surface area contributed by atoms with Gasteiger partial charge in [0.25, 0.3) is 0 Å². The highest BCUT2D eigenvalue weighted by Gasteiger charge is 2.28. The Morgan fingerprint density at radius 2 is 1.83 bits per heavy atom. The van der Waals surface area contributed by atoms with Crippen molar-refractivity contribution in [1.82, 2.24) is 4.98 Å². The van der Waals surface area contributed by atoms with Gasteiger partial charge in [-0.2, -0.15) is 0 Å². The van der Waals surface area contributed by atoms with Crippen LogP contribution in [0, 0.1) is 5.92 Å². The second-order valence-electron chi connectivity index (χ2n) is 6.11. The lowest BCUT2D eigenvalue weighted by Gasteiger charge is -2.27. The standard InChI is InChI=1S/C19H22N2O3/c20-16-8-11-18(21-12-16)24-17-9-6-15(7-10-17)19(22)23-13-14-4-2-1-3-5-14/h1-5,8,11-12,15,17H,6-7,9-10,13,20H2. The molecule has 1 aliphatic rings. The van der Waals surface area contributed by atoms with Gasteiger partial charge < -0.3 is 15.2 Å². The number of pyridine rings is 1. The molecule has 0 amide bonds. The van der Waals surface area contributed by atoms with Crippen molar-refractivity contribution in [3.63, 3.8) is 0 Å². The lowest BCUT2D eigenvalue weighted by Crippen LogP contribution is -2.29. The van der Waals surface area contributed by atoms with Crippen LogP contribution in [-0.2, 0) is 16.1 Å². The van der Waals surface area contributed by atoms with E-state index in [9.17, 15) is 4.79 Å². The van der Waals surface area contributed by atoms with Crippen LogP contribution in [0.3, 0.4) is 0 Å². The molecule has 24 heavy (non-hydrogen) atoms. The molecular weight excluding hydrogens is 304 g/mol. The summed E-state index contributed by atoms with van der Waals surface area (Å²) in [5.41, 5.74) is 7.24. The Balaban J connectivity index is 1.42. The highest BCUT2D eigenvalue weighted by Crippen LogP contribution is 2.28. The maximum Gasteiger partial charge on any atom is 0.309 e. The first kappa shape index (κ1) is 16.3. The summed E-state index contributed by atoms with van der Waals surface area (Å²) in [6.07, 6.45) is 4.91. The third-order valence-corrected chi connectivity index (χ3v) is 4.28. The van der Waals surface area contributed by atoms with Gasteiger partial charge in [-0.25, -0.2) is 4.98 Å². The lowest BCUT2D eigenvalue weighted by atomic mass is 9.87. The fourth-order valence-electron chi connectivity index (χ4n) is 2.90. The van der Waals surface area contributed by atoms with Crippen molar-refractivity contribution in [1.29, 1.82) is 0 Å². The van der Waals surface area contributed by atoms with E-state index in [1.54, 1.807) is 18.3 Å². The zero-order valence-corrected chi connectivity index (χ0v) is 13.6. The predicted molar refractivity (Wildman–Crippen MR) is 91.3 cm³/mol. The van der Waals surface area contributed by atoms with Crippen LogP contribution in [0.2, 0.25) is 0 Å². The normalized spacial score (nSPS) is 20.3. The second-order valence-corrected chi connectivity index (χ2v) is 6.11. The third-order valence-electron chi connectivity index (χ3n) is 4.28. The molecule has 0 unspecified atom stereocenters. The molecule has 0 radical (unpaired) electrons. The topological polar surface area (TPSA) is 74.4 Å². The number of hydrogen-bond donors (Lipinski definition) is 1. The fraction of sp³-hybridized carbons (Fsp3) is 0.368. The molecule has 5 nitrogen and oxygen atoms in total. The Bertz CT molecular complexity index is 650. The number of anilines is 1. The van der Waals surface area contributed by atoms with Gasteiger partial charge in [-0.05, 0) is 37.3 Å². The van der Waals surface area contributed by atoms with Crippen LogP contribution in [0.25, 0.3) is 0 Å². The number of hydrogen-bond acceptors (Lipinski definition) is 5. The van der Waals surface area contributed by atoms with Crippen LogP contribution >= 0.6 is 0 Å². The van der Waals surface area contributed by atoms with Crippen molar-refractivity contribution < 1.29 is 14.3 Å². The summed E-state index contributed by atoms with van der Waals surface area (Å²) in [5, 5.41) is 0. The van der Waals surface area contributed by atoms with Crippen molar-refractivity contribution in [2.24, 2.45) is 5.92 Å². The van der Waals surface area contributed by atoms with E-state index in [-0.39, 0.29) is 18.0 Å². The van der Waals surface area contributed by atoms with E-state index in [1.807, 2.05) is 30.3 Å². The molecule has 0 saturated heterocycles. The minimum Gasteiger partial charge on any atom is -0.474 e. The van der Waals surface area contributed by atoms with Crippen molar-refractivity contribution >= 4 is 11.7 Å². The van der Waals surface area contributed by atoms with Crippen molar-refractivity contribution in [3.05, 3.63) is 54.2 Å². The number of nitrogen functional groups attached to an aromatic ring is 1. The molecule has 1 saturated carbocycles. The third kappa shape index (κ3) is 4.47. The maximum absolute atomic E-state index is 12.2. The molecule has 1 aromatic heterocycles. The van der Waals surface area contributed by atoms with Crippen molar-refractivity contribution in [2.45, 2.75) is 38.4 Å². The molecule has 3 rings (SSSR count). The van der Waals surface area contributed by atoms with E-state index in [1.165, 1.54) is 0 Å². The van der Waals surface area contributed by atoms with Gasteiger partial charge in [0.15, 0.2) is 0 Å². The molecule has 1 fully saturated rings. The number of carbonyl (C=O) groups is 1. The Labute approximate surface area is 141 Å². The Kier molecular flexibility index (Phi) is 5.31. The van der Waals surface area contributed by atoms with Gasteiger partial charge in [0.05, 0.1) is 17.8 Å². The summed E-state index contributed by atoms with van der Waals surface area (Å²) in [6.45, 7) is 0.339. The molecule has 1 aliphatic carbocycles. The predicted octanol–water partition coefficient (Wildman–Crippen LogP) is 3.34. The number of nitrogens with zero attached hydrogens (tertiary/aromatic N) is 1. The number of ether oxygens (including phenoxy) is 2. The van der Waals surface area contributed by atoms with Crippen LogP contribution in [0.15, 0.2) is 48.7 Å². The SMILES string of the molecule is Nc1ccc(OC2CCC(C(=O)OCc3ccccc3)CC2)nc1. The van der Waals surface area contributed by atoms with Gasteiger partial charge in [-0.15, -0.1) is 0 Å². The average molecular weight is 326 g/mol. The van der Waals surface area contributed by atoms with Gasteiger partial charge in [-0.1, -0.05) is 30.3 Å². The Hall–Kier alpha value is -2.56. The zero-order chi connectivity index (χ0) is 16.8. The number of rotatable bonds is 5. The van der Waals surface area contributed by atoms with E-state index >= 15 is 0 Å². The zero-order valence-electron chi connectivity index (χ0n) is 13.6. The summed E-state index contributed by atoms with van der Waals surface area (Å²) >= 11 is 0. The first-order valence-corrected chi connectivity index (χ1v) is 8.29. The molecule has 1 heterocycles. The highest BCUT2D eigenvalue weighted by atomic mass is 16.5. The molecule has 2 aromatic rings. The molecule has 0 bridgehead atoms. The highest BCUT2D eigenvalue weighted by molar-refractivity contribution is 5.72. The smallest absolute Gasteiger partial charge is 0.309 e. The minimum absolute atomic E-state index is 0.0343. The number of nitrogens with two attached hydrogens (primary N) is 1. The van der Waals surface area contributed by atoms with Gasteiger partial charge in [0, 0.05) is 6.07 Å². The lowest BCUT2D eigenvalue weighted by molar-refractivity contribution is -0.151. The van der Waals surface area contributed by atoms with E-state index < -0.39 is 0 Å². The molecule has 126 valence electrons. The van der Waals surface area contributed by atoms with Gasteiger partial charge in [0.2, 0.25) is 5.88 Å². The van der Waals surface area contributed by atoms with Crippen LogP contribution in [0.1, 0.15) is 31.2 Å². The van der Waals surface area contributed by atoms with E-state index in [0.717, 1.165) is 31.2 Å². The Morgan fingerprint density at radius 1 is 1.08 bits per heavy atom. The monoisotopic (exact) mass is 326 g/mol. The minimum atomic E-state index is -0.108. The van der Waals surface area contributed by atoms with E-state index in [2.05, 4.69) is 4.98 Å². The molecule has 1 aromatic carbocycles. The maximum atomic E-state index is 12.2. The first-order valence-electron chi connectivity index (χ1n) is 8.29. The van der Waals surface area contributed by atoms with Gasteiger partial charge in [0.1, 0.15) is 12.7 Å². The molecule has 2 N–H and O–H groups in total. The largest absolute Gasteiger partial charge is 0.474 e. The van der Waals surface area contributed by atoms with Gasteiger partial charge in [-0.3, -0.25) is 4.79 Å². The first-order chi connectivity index (χ1) is 11.7. The van der Waals surface area contributed by atoms with Crippen LogP contribution < -0.4 is 10.5 Å². The van der Waals surface area contributed by atoms with Gasteiger partial charge >= 0.3 is 5.97 Å². The van der Waals surface area contributed by atoms with E-state index in [0.29, 0.717) is 18.2 Å². The second kappa shape index (κ2) is 7.81. The summed E-state index contributed by atoms with van der Waals surface area (Å²) < 4.78 is 11.3. The molecule has 5 heteroatoms. The quantitative estimate of drug-likeness (QED) is 0.853. The fourth-order valence-corrected chi connectivity index (χ4v) is 2.90.